The van der Waals surface area contributed by atoms with Crippen LogP contribution in [0.15, 0.2) is 28.7 Å². The van der Waals surface area contributed by atoms with Gasteiger partial charge in [-0.1, -0.05) is 12.1 Å². The Labute approximate surface area is 121 Å². The van der Waals surface area contributed by atoms with Gasteiger partial charge in [0.25, 0.3) is 0 Å². The van der Waals surface area contributed by atoms with Crippen molar-refractivity contribution in [3.63, 3.8) is 0 Å². The molecule has 0 saturated carbocycles. The Hall–Kier alpha value is -2.69. The average Bonchev–Trinajstić information content (AvgIpc) is 2.83. The molecular weight excluding hydrogens is 268 g/mol. The summed E-state index contributed by atoms with van der Waals surface area (Å²) in [7, 11) is 0. The number of carboxylic acid groups (broad SMARTS) is 1. The number of oxazole rings is 1. The smallest absolute Gasteiger partial charge is 0.336 e. The number of benzene rings is 1. The average molecular weight is 282 g/mol. The standard InChI is InChI=1S/C16H14N2O3/c1-8-4-5-9(2)13(16(19)20)12(8)15-18-14-11(21-15)7-6-10(3)17-14/h4-7H,1-3H3,(H,19,20). The summed E-state index contributed by atoms with van der Waals surface area (Å²) < 4.78 is 5.70. The number of fused-ring (bicyclic) bond motifs is 1. The van der Waals surface area contributed by atoms with Crippen molar-refractivity contribution in [3.05, 3.63) is 46.6 Å². The molecule has 2 heterocycles. The molecule has 0 aliphatic rings. The first-order valence-electron chi connectivity index (χ1n) is 6.55. The zero-order chi connectivity index (χ0) is 15.1. The number of rotatable bonds is 2. The van der Waals surface area contributed by atoms with Gasteiger partial charge in [0.15, 0.2) is 11.2 Å². The van der Waals surface area contributed by atoms with Crippen molar-refractivity contribution in [2.24, 2.45) is 0 Å². The number of carbonyl (C=O) groups is 1. The Morgan fingerprint density at radius 2 is 1.76 bits per heavy atom. The zero-order valence-corrected chi connectivity index (χ0v) is 12.0. The van der Waals surface area contributed by atoms with Gasteiger partial charge in [0.1, 0.15) is 0 Å². The third kappa shape index (κ3) is 2.16. The Morgan fingerprint density at radius 3 is 2.48 bits per heavy atom. The van der Waals surface area contributed by atoms with Gasteiger partial charge in [0, 0.05) is 5.69 Å². The number of aromatic carboxylic acids is 1. The van der Waals surface area contributed by atoms with Crippen LogP contribution in [0, 0.1) is 20.8 Å². The van der Waals surface area contributed by atoms with E-state index in [1.807, 2.05) is 26.0 Å². The van der Waals surface area contributed by atoms with Crippen molar-refractivity contribution >= 4 is 17.2 Å². The molecule has 0 aliphatic carbocycles. The van der Waals surface area contributed by atoms with Crippen molar-refractivity contribution in [1.82, 2.24) is 9.97 Å². The van der Waals surface area contributed by atoms with Gasteiger partial charge < -0.3 is 9.52 Å². The molecule has 0 radical (unpaired) electrons. The monoisotopic (exact) mass is 282 g/mol. The molecule has 2 aromatic heterocycles. The predicted molar refractivity (Wildman–Crippen MR) is 78.4 cm³/mol. The van der Waals surface area contributed by atoms with E-state index in [0.717, 1.165) is 11.3 Å². The third-order valence-corrected chi connectivity index (χ3v) is 3.44. The molecule has 0 fully saturated rings. The quantitative estimate of drug-likeness (QED) is 0.778. The first-order chi connectivity index (χ1) is 9.97. The maximum Gasteiger partial charge on any atom is 0.336 e. The second-order valence-electron chi connectivity index (χ2n) is 5.05. The summed E-state index contributed by atoms with van der Waals surface area (Å²) in [5, 5.41) is 9.47. The summed E-state index contributed by atoms with van der Waals surface area (Å²) in [5.74, 6) is -0.695. The van der Waals surface area contributed by atoms with Crippen LogP contribution in [-0.4, -0.2) is 21.0 Å². The number of hydrogen-bond donors (Lipinski definition) is 1. The molecule has 0 spiro atoms. The number of aryl methyl sites for hydroxylation is 3. The number of aromatic nitrogens is 2. The summed E-state index contributed by atoms with van der Waals surface area (Å²) in [4.78, 5) is 20.2. The van der Waals surface area contributed by atoms with Gasteiger partial charge in [-0.05, 0) is 44.0 Å². The fourth-order valence-electron chi connectivity index (χ4n) is 2.38. The van der Waals surface area contributed by atoms with Crippen LogP contribution in [0.2, 0.25) is 0 Å². The molecular formula is C16H14N2O3. The highest BCUT2D eigenvalue weighted by atomic mass is 16.4. The van der Waals surface area contributed by atoms with E-state index in [1.165, 1.54) is 0 Å². The van der Waals surface area contributed by atoms with Gasteiger partial charge in [-0.15, -0.1) is 0 Å². The van der Waals surface area contributed by atoms with E-state index in [0.29, 0.717) is 28.2 Å². The molecule has 0 unspecified atom stereocenters. The highest BCUT2D eigenvalue weighted by Crippen LogP contribution is 2.31. The maximum atomic E-state index is 11.6. The Bertz CT molecular complexity index is 865. The Morgan fingerprint density at radius 1 is 1.05 bits per heavy atom. The number of hydrogen-bond acceptors (Lipinski definition) is 4. The van der Waals surface area contributed by atoms with E-state index in [-0.39, 0.29) is 5.56 Å². The fourth-order valence-corrected chi connectivity index (χ4v) is 2.38. The van der Waals surface area contributed by atoms with E-state index in [9.17, 15) is 9.90 Å². The van der Waals surface area contributed by atoms with Gasteiger partial charge >= 0.3 is 5.97 Å². The lowest BCUT2D eigenvalue weighted by Gasteiger charge is -2.09. The SMILES string of the molecule is Cc1ccc2oc(-c3c(C)ccc(C)c3C(=O)O)nc2n1. The molecule has 5 nitrogen and oxygen atoms in total. The first-order valence-corrected chi connectivity index (χ1v) is 6.55. The lowest BCUT2D eigenvalue weighted by Crippen LogP contribution is -2.04. The maximum absolute atomic E-state index is 11.6. The van der Waals surface area contributed by atoms with E-state index in [4.69, 9.17) is 4.42 Å². The van der Waals surface area contributed by atoms with Crippen molar-refractivity contribution < 1.29 is 14.3 Å². The molecule has 0 amide bonds. The summed E-state index contributed by atoms with van der Waals surface area (Å²) >= 11 is 0. The van der Waals surface area contributed by atoms with Crippen molar-refractivity contribution in [1.29, 1.82) is 0 Å². The van der Waals surface area contributed by atoms with Gasteiger partial charge in [-0.25, -0.2) is 9.78 Å². The Kier molecular flexibility index (Phi) is 2.97. The first kappa shape index (κ1) is 13.3. The van der Waals surface area contributed by atoms with Crippen LogP contribution in [0.5, 0.6) is 0 Å². The normalized spacial score (nSPS) is 11.0. The summed E-state index contributed by atoms with van der Waals surface area (Å²) in [5.41, 5.74) is 4.09. The molecule has 3 aromatic rings. The lowest BCUT2D eigenvalue weighted by molar-refractivity contribution is 0.0696. The van der Waals surface area contributed by atoms with E-state index < -0.39 is 5.97 Å². The van der Waals surface area contributed by atoms with Gasteiger partial charge in [-0.3, -0.25) is 0 Å². The van der Waals surface area contributed by atoms with Gasteiger partial charge in [0.2, 0.25) is 5.89 Å². The van der Waals surface area contributed by atoms with Crippen LogP contribution in [0.3, 0.4) is 0 Å². The van der Waals surface area contributed by atoms with Crippen LogP contribution in [0.4, 0.5) is 0 Å². The molecule has 1 aromatic carbocycles. The van der Waals surface area contributed by atoms with Crippen LogP contribution < -0.4 is 0 Å². The molecule has 0 bridgehead atoms. The molecule has 106 valence electrons. The van der Waals surface area contributed by atoms with E-state index in [2.05, 4.69) is 9.97 Å². The largest absolute Gasteiger partial charge is 0.478 e. The third-order valence-electron chi connectivity index (χ3n) is 3.44. The molecule has 0 saturated heterocycles. The number of nitrogens with zero attached hydrogens (tertiary/aromatic N) is 2. The fraction of sp³-hybridized carbons (Fsp3) is 0.188. The van der Waals surface area contributed by atoms with Crippen molar-refractivity contribution in [3.8, 4) is 11.5 Å². The lowest BCUT2D eigenvalue weighted by atomic mass is 9.97. The number of pyridine rings is 1. The molecule has 1 N–H and O–H groups in total. The van der Waals surface area contributed by atoms with Gasteiger partial charge in [0.05, 0.1) is 11.1 Å². The second kappa shape index (κ2) is 4.70. The van der Waals surface area contributed by atoms with Crippen LogP contribution in [0.25, 0.3) is 22.7 Å². The highest BCUT2D eigenvalue weighted by molar-refractivity contribution is 5.97. The highest BCUT2D eigenvalue weighted by Gasteiger charge is 2.21. The van der Waals surface area contributed by atoms with E-state index >= 15 is 0 Å². The van der Waals surface area contributed by atoms with Crippen LogP contribution in [-0.2, 0) is 0 Å². The van der Waals surface area contributed by atoms with Crippen LogP contribution in [0.1, 0.15) is 27.2 Å². The minimum Gasteiger partial charge on any atom is -0.478 e. The summed E-state index contributed by atoms with van der Waals surface area (Å²) in [6.45, 7) is 5.47. The topological polar surface area (TPSA) is 76.2 Å². The minimum atomic E-state index is -0.988. The predicted octanol–water partition coefficient (Wildman–Crippen LogP) is 3.51. The van der Waals surface area contributed by atoms with E-state index in [1.54, 1.807) is 19.1 Å². The molecule has 5 heteroatoms. The molecule has 0 aliphatic heterocycles. The summed E-state index contributed by atoms with van der Waals surface area (Å²) in [6, 6.07) is 7.27. The number of carboxylic acids is 1. The summed E-state index contributed by atoms with van der Waals surface area (Å²) in [6.07, 6.45) is 0. The van der Waals surface area contributed by atoms with Crippen molar-refractivity contribution in [2.75, 3.05) is 0 Å². The van der Waals surface area contributed by atoms with Crippen molar-refractivity contribution in [2.45, 2.75) is 20.8 Å². The molecule has 3 rings (SSSR count). The molecule has 21 heavy (non-hydrogen) atoms. The molecule has 0 atom stereocenters. The van der Waals surface area contributed by atoms with Crippen LogP contribution >= 0.6 is 0 Å². The zero-order valence-electron chi connectivity index (χ0n) is 12.0. The Balaban J connectivity index is 2.32. The minimum absolute atomic E-state index is 0.221. The van der Waals surface area contributed by atoms with Gasteiger partial charge in [-0.2, -0.15) is 4.98 Å². The second-order valence-corrected chi connectivity index (χ2v) is 5.05.